The van der Waals surface area contributed by atoms with Gasteiger partial charge in [0.2, 0.25) is 6.79 Å². The van der Waals surface area contributed by atoms with Crippen LogP contribution >= 0.6 is 0 Å². The van der Waals surface area contributed by atoms with Gasteiger partial charge in [-0.05, 0) is 37.3 Å². The Hall–Kier alpha value is -3.42. The summed E-state index contributed by atoms with van der Waals surface area (Å²) < 4.78 is 10.5. The van der Waals surface area contributed by atoms with Crippen LogP contribution in [0.3, 0.4) is 0 Å². The molecule has 0 aromatic heterocycles. The van der Waals surface area contributed by atoms with Crippen molar-refractivity contribution in [3.05, 3.63) is 63.7 Å². The monoisotopic (exact) mass is 327 g/mol. The van der Waals surface area contributed by atoms with Crippen LogP contribution in [0.4, 0.5) is 5.69 Å². The summed E-state index contributed by atoms with van der Waals surface area (Å²) in [6.45, 7) is 1.93. The lowest BCUT2D eigenvalue weighted by molar-refractivity contribution is -0.384. The average molecular weight is 327 g/mol. The van der Waals surface area contributed by atoms with E-state index >= 15 is 0 Å². The second kappa shape index (κ2) is 6.37. The van der Waals surface area contributed by atoms with E-state index in [2.05, 4.69) is 10.5 Å². The van der Waals surface area contributed by atoms with Crippen molar-refractivity contribution < 1.29 is 19.2 Å². The van der Waals surface area contributed by atoms with Crippen LogP contribution in [0.15, 0.2) is 47.6 Å². The van der Waals surface area contributed by atoms with Crippen molar-refractivity contribution in [2.75, 3.05) is 6.79 Å². The fourth-order valence-corrected chi connectivity index (χ4v) is 2.12. The third-order valence-electron chi connectivity index (χ3n) is 3.46. The molecular formula is C16H13N3O5. The van der Waals surface area contributed by atoms with Crippen molar-refractivity contribution in [3.8, 4) is 11.5 Å². The summed E-state index contributed by atoms with van der Waals surface area (Å²) in [5.74, 6) is 0.843. The summed E-state index contributed by atoms with van der Waals surface area (Å²) in [6.07, 6.45) is 0. The molecule has 8 nitrogen and oxygen atoms in total. The molecule has 0 saturated carbocycles. The van der Waals surface area contributed by atoms with Gasteiger partial charge in [0.05, 0.1) is 10.6 Å². The van der Waals surface area contributed by atoms with Crippen LogP contribution in [-0.4, -0.2) is 23.3 Å². The van der Waals surface area contributed by atoms with Crippen LogP contribution in [0.5, 0.6) is 11.5 Å². The number of hydrogen-bond acceptors (Lipinski definition) is 6. The van der Waals surface area contributed by atoms with E-state index in [-0.39, 0.29) is 18.0 Å². The standard InChI is InChI=1S/C16H13N3O5/c1-10(12-4-7-14-15(8-12)24-9-23-14)17-18-16(20)11-2-5-13(6-3-11)19(21)22/h2-8H,9H2,1H3,(H,18,20)/b17-10-. The predicted molar refractivity (Wildman–Crippen MR) is 85.3 cm³/mol. The molecule has 8 heteroatoms. The minimum atomic E-state index is -0.524. The van der Waals surface area contributed by atoms with Gasteiger partial charge in [0.1, 0.15) is 0 Å². The summed E-state index contributed by atoms with van der Waals surface area (Å²) in [5.41, 5.74) is 3.99. The zero-order valence-corrected chi connectivity index (χ0v) is 12.7. The molecule has 122 valence electrons. The van der Waals surface area contributed by atoms with Gasteiger partial charge in [0.25, 0.3) is 11.6 Å². The maximum atomic E-state index is 12.0. The van der Waals surface area contributed by atoms with Crippen molar-refractivity contribution in [2.24, 2.45) is 5.10 Å². The molecular weight excluding hydrogens is 314 g/mol. The molecule has 0 atom stereocenters. The number of hydrogen-bond donors (Lipinski definition) is 1. The first-order valence-corrected chi connectivity index (χ1v) is 7.04. The van der Waals surface area contributed by atoms with E-state index in [1.165, 1.54) is 24.3 Å². The van der Waals surface area contributed by atoms with E-state index in [4.69, 9.17) is 9.47 Å². The van der Waals surface area contributed by atoms with Crippen molar-refractivity contribution in [2.45, 2.75) is 6.92 Å². The number of carbonyl (C=O) groups is 1. The third kappa shape index (κ3) is 3.17. The smallest absolute Gasteiger partial charge is 0.271 e. The maximum absolute atomic E-state index is 12.0. The zero-order chi connectivity index (χ0) is 17.1. The number of ether oxygens (including phenoxy) is 2. The van der Waals surface area contributed by atoms with Gasteiger partial charge >= 0.3 is 0 Å². The number of nitrogens with one attached hydrogen (secondary N) is 1. The Morgan fingerprint density at radius 1 is 1.12 bits per heavy atom. The lowest BCUT2D eigenvalue weighted by Gasteiger charge is -2.04. The summed E-state index contributed by atoms with van der Waals surface area (Å²) in [7, 11) is 0. The van der Waals surface area contributed by atoms with E-state index in [0.29, 0.717) is 17.2 Å². The van der Waals surface area contributed by atoms with Gasteiger partial charge in [0.15, 0.2) is 11.5 Å². The number of nitro benzene ring substituents is 1. The number of nitrogens with zero attached hydrogens (tertiary/aromatic N) is 2. The lowest BCUT2D eigenvalue weighted by atomic mass is 10.1. The molecule has 1 heterocycles. The van der Waals surface area contributed by atoms with Crippen LogP contribution in [0.1, 0.15) is 22.8 Å². The van der Waals surface area contributed by atoms with Crippen LogP contribution < -0.4 is 14.9 Å². The molecule has 1 N–H and O–H groups in total. The highest BCUT2D eigenvalue weighted by atomic mass is 16.7. The predicted octanol–water partition coefficient (Wildman–Crippen LogP) is 2.48. The first kappa shape index (κ1) is 15.5. The molecule has 2 aromatic carbocycles. The number of carbonyl (C=O) groups excluding carboxylic acids is 1. The van der Waals surface area contributed by atoms with Crippen molar-refractivity contribution >= 4 is 17.3 Å². The average Bonchev–Trinajstić information content (AvgIpc) is 3.07. The van der Waals surface area contributed by atoms with Gasteiger partial charge in [-0.3, -0.25) is 14.9 Å². The summed E-state index contributed by atoms with van der Waals surface area (Å²) >= 11 is 0. The van der Waals surface area contributed by atoms with Gasteiger partial charge in [0, 0.05) is 23.3 Å². The molecule has 0 saturated heterocycles. The number of hydrazone groups is 1. The zero-order valence-electron chi connectivity index (χ0n) is 12.7. The van der Waals surface area contributed by atoms with Gasteiger partial charge in [-0.2, -0.15) is 5.10 Å². The normalized spacial score (nSPS) is 12.8. The third-order valence-corrected chi connectivity index (χ3v) is 3.46. The summed E-state index contributed by atoms with van der Waals surface area (Å²) in [4.78, 5) is 22.1. The minimum Gasteiger partial charge on any atom is -0.454 e. The highest BCUT2D eigenvalue weighted by Gasteiger charge is 2.14. The second-order valence-electron chi connectivity index (χ2n) is 5.01. The number of nitro groups is 1. The highest BCUT2D eigenvalue weighted by Crippen LogP contribution is 2.32. The fraction of sp³-hybridized carbons (Fsp3) is 0.125. The second-order valence-corrected chi connectivity index (χ2v) is 5.01. The van der Waals surface area contributed by atoms with Crippen LogP contribution in [0.25, 0.3) is 0 Å². The molecule has 1 aliphatic heterocycles. The van der Waals surface area contributed by atoms with E-state index in [1.54, 1.807) is 19.1 Å². The molecule has 1 aliphatic rings. The molecule has 2 aromatic rings. The van der Waals surface area contributed by atoms with Crippen LogP contribution in [0.2, 0.25) is 0 Å². The molecule has 0 spiro atoms. The number of rotatable bonds is 4. The highest BCUT2D eigenvalue weighted by molar-refractivity contribution is 6.01. The van der Waals surface area contributed by atoms with Crippen LogP contribution in [0, 0.1) is 10.1 Å². The van der Waals surface area contributed by atoms with Crippen molar-refractivity contribution in [3.63, 3.8) is 0 Å². The van der Waals surface area contributed by atoms with E-state index < -0.39 is 10.8 Å². The van der Waals surface area contributed by atoms with Crippen molar-refractivity contribution in [1.82, 2.24) is 5.43 Å². The van der Waals surface area contributed by atoms with Gasteiger partial charge in [-0.15, -0.1) is 0 Å². The number of benzene rings is 2. The fourth-order valence-electron chi connectivity index (χ4n) is 2.12. The Kier molecular flexibility index (Phi) is 4.11. The van der Waals surface area contributed by atoms with E-state index in [9.17, 15) is 14.9 Å². The molecule has 0 bridgehead atoms. The topological polar surface area (TPSA) is 103 Å². The number of non-ortho nitro benzene ring substituents is 1. The van der Waals surface area contributed by atoms with Gasteiger partial charge in [-0.25, -0.2) is 5.43 Å². The Labute approximate surface area is 136 Å². The summed E-state index contributed by atoms with van der Waals surface area (Å²) in [5, 5.41) is 14.6. The first-order chi connectivity index (χ1) is 11.5. The van der Waals surface area contributed by atoms with Crippen LogP contribution in [-0.2, 0) is 0 Å². The Balaban J connectivity index is 1.70. The maximum Gasteiger partial charge on any atom is 0.271 e. The molecule has 0 unspecified atom stereocenters. The molecule has 1 amide bonds. The number of fused-ring (bicyclic) bond motifs is 1. The molecule has 24 heavy (non-hydrogen) atoms. The Morgan fingerprint density at radius 3 is 2.50 bits per heavy atom. The van der Waals surface area contributed by atoms with Crippen molar-refractivity contribution in [1.29, 1.82) is 0 Å². The minimum absolute atomic E-state index is 0.0772. The largest absolute Gasteiger partial charge is 0.454 e. The Bertz CT molecular complexity index is 830. The summed E-state index contributed by atoms with van der Waals surface area (Å²) in [6, 6.07) is 10.6. The lowest BCUT2D eigenvalue weighted by Crippen LogP contribution is -2.19. The molecule has 0 fully saturated rings. The van der Waals surface area contributed by atoms with E-state index in [1.807, 2.05) is 6.07 Å². The Morgan fingerprint density at radius 2 is 1.79 bits per heavy atom. The van der Waals surface area contributed by atoms with Gasteiger partial charge in [-0.1, -0.05) is 0 Å². The quantitative estimate of drug-likeness (QED) is 0.528. The van der Waals surface area contributed by atoms with E-state index in [0.717, 1.165) is 5.56 Å². The molecule has 3 rings (SSSR count). The van der Waals surface area contributed by atoms with Gasteiger partial charge < -0.3 is 9.47 Å². The molecule has 0 radical (unpaired) electrons. The SMILES string of the molecule is C/C(=N/NC(=O)c1ccc([N+](=O)[O-])cc1)c1ccc2c(c1)OCO2. The first-order valence-electron chi connectivity index (χ1n) is 7.04. The number of amides is 1. The molecule has 0 aliphatic carbocycles.